The van der Waals surface area contributed by atoms with Crippen LogP contribution in [-0.2, 0) is 0 Å². The van der Waals surface area contributed by atoms with Crippen LogP contribution in [0.25, 0.3) is 0 Å². The van der Waals surface area contributed by atoms with Crippen LogP contribution >= 0.6 is 11.8 Å². The maximum atomic E-state index is 2.40. The second-order valence-corrected chi connectivity index (χ2v) is 5.01. The lowest BCUT2D eigenvalue weighted by atomic mass is 9.89. The first-order valence-corrected chi connectivity index (χ1v) is 5.75. The number of rotatable bonds is 0. The Bertz CT molecular complexity index is 354. The number of hydrogen-bond acceptors (Lipinski definition) is 1. The zero-order chi connectivity index (χ0) is 8.67. The van der Waals surface area contributed by atoms with Gasteiger partial charge in [-0.15, -0.1) is 11.8 Å². The minimum atomic E-state index is 0.704. The SMILES string of the molecule is C1=CC2c3ccccc3SC2CC1. The van der Waals surface area contributed by atoms with Crippen LogP contribution < -0.4 is 0 Å². The van der Waals surface area contributed by atoms with E-state index in [2.05, 4.69) is 48.2 Å². The highest BCUT2D eigenvalue weighted by Crippen LogP contribution is 2.49. The van der Waals surface area contributed by atoms with Crippen molar-refractivity contribution in [2.24, 2.45) is 0 Å². The van der Waals surface area contributed by atoms with Crippen molar-refractivity contribution < 1.29 is 0 Å². The predicted octanol–water partition coefficient (Wildman–Crippen LogP) is 3.59. The lowest BCUT2D eigenvalue weighted by molar-refractivity contribution is 0.683. The van der Waals surface area contributed by atoms with Crippen molar-refractivity contribution in [1.29, 1.82) is 0 Å². The van der Waals surface area contributed by atoms with E-state index in [0.29, 0.717) is 5.92 Å². The van der Waals surface area contributed by atoms with Gasteiger partial charge in [0.2, 0.25) is 0 Å². The summed E-state index contributed by atoms with van der Waals surface area (Å²) in [5, 5.41) is 0.822. The summed E-state index contributed by atoms with van der Waals surface area (Å²) < 4.78 is 0. The van der Waals surface area contributed by atoms with Crippen LogP contribution in [0.15, 0.2) is 41.3 Å². The van der Waals surface area contributed by atoms with Crippen molar-refractivity contribution in [1.82, 2.24) is 0 Å². The fourth-order valence-corrected chi connectivity index (χ4v) is 3.73. The molecule has 3 rings (SSSR count). The first kappa shape index (κ1) is 7.69. The molecule has 0 nitrogen and oxygen atoms in total. The molecule has 0 amide bonds. The smallest absolute Gasteiger partial charge is 0.0201 e. The Labute approximate surface area is 83.0 Å². The van der Waals surface area contributed by atoms with Gasteiger partial charge in [0, 0.05) is 16.1 Å². The molecular formula is C12H12S. The molecule has 2 atom stereocenters. The van der Waals surface area contributed by atoms with Crippen LogP contribution in [0.2, 0.25) is 0 Å². The van der Waals surface area contributed by atoms with Gasteiger partial charge in [-0.25, -0.2) is 0 Å². The van der Waals surface area contributed by atoms with Crippen molar-refractivity contribution in [3.05, 3.63) is 42.0 Å². The van der Waals surface area contributed by atoms with E-state index in [1.807, 2.05) is 0 Å². The third-order valence-corrected chi connectivity index (χ3v) is 4.38. The van der Waals surface area contributed by atoms with E-state index >= 15 is 0 Å². The fraction of sp³-hybridized carbons (Fsp3) is 0.333. The highest BCUT2D eigenvalue weighted by atomic mass is 32.2. The topological polar surface area (TPSA) is 0 Å². The predicted molar refractivity (Wildman–Crippen MR) is 57.2 cm³/mol. The molecule has 1 aromatic carbocycles. The van der Waals surface area contributed by atoms with Gasteiger partial charge in [0.25, 0.3) is 0 Å². The third kappa shape index (κ3) is 1.14. The average molecular weight is 188 g/mol. The molecule has 1 aliphatic heterocycles. The summed E-state index contributed by atoms with van der Waals surface area (Å²) in [5.74, 6) is 0.704. The normalized spacial score (nSPS) is 29.8. The maximum absolute atomic E-state index is 2.40. The summed E-state index contributed by atoms with van der Waals surface area (Å²) in [5.41, 5.74) is 1.55. The van der Waals surface area contributed by atoms with Crippen molar-refractivity contribution >= 4 is 11.8 Å². The van der Waals surface area contributed by atoms with Gasteiger partial charge >= 0.3 is 0 Å². The second-order valence-electron chi connectivity index (χ2n) is 3.73. The van der Waals surface area contributed by atoms with Gasteiger partial charge in [-0.3, -0.25) is 0 Å². The highest BCUT2D eigenvalue weighted by Gasteiger charge is 2.31. The van der Waals surface area contributed by atoms with E-state index in [0.717, 1.165) is 5.25 Å². The lowest BCUT2D eigenvalue weighted by Crippen LogP contribution is -2.10. The number of fused-ring (bicyclic) bond motifs is 3. The maximum Gasteiger partial charge on any atom is 0.0201 e. The van der Waals surface area contributed by atoms with Gasteiger partial charge < -0.3 is 0 Å². The highest BCUT2D eigenvalue weighted by molar-refractivity contribution is 8.00. The molecular weight excluding hydrogens is 176 g/mol. The summed E-state index contributed by atoms with van der Waals surface area (Å²) in [6, 6.07) is 8.84. The molecule has 2 unspecified atom stereocenters. The first-order chi connectivity index (χ1) is 6.45. The molecule has 13 heavy (non-hydrogen) atoms. The summed E-state index contributed by atoms with van der Waals surface area (Å²) in [4.78, 5) is 1.50. The number of benzene rings is 1. The Kier molecular flexibility index (Phi) is 1.72. The van der Waals surface area contributed by atoms with Crippen LogP contribution in [0.5, 0.6) is 0 Å². The molecule has 0 spiro atoms. The standard InChI is InChI=1S/C12H12S/c1-3-7-11-9(5-1)10-6-2-4-8-12(10)13-11/h1-3,5-7,10,12H,4,8H2. The molecule has 1 heteroatoms. The van der Waals surface area contributed by atoms with Crippen molar-refractivity contribution in [3.63, 3.8) is 0 Å². The molecule has 0 N–H and O–H groups in total. The van der Waals surface area contributed by atoms with Crippen LogP contribution in [-0.4, -0.2) is 5.25 Å². The van der Waals surface area contributed by atoms with Gasteiger partial charge in [0.15, 0.2) is 0 Å². The summed E-state index contributed by atoms with van der Waals surface area (Å²) in [7, 11) is 0. The zero-order valence-electron chi connectivity index (χ0n) is 7.44. The van der Waals surface area contributed by atoms with Gasteiger partial charge in [-0.05, 0) is 24.5 Å². The number of hydrogen-bond donors (Lipinski definition) is 0. The van der Waals surface area contributed by atoms with Crippen molar-refractivity contribution in [2.45, 2.75) is 28.9 Å². The number of thioether (sulfide) groups is 1. The molecule has 1 heterocycles. The van der Waals surface area contributed by atoms with E-state index in [9.17, 15) is 0 Å². The Morgan fingerprint density at radius 1 is 1.23 bits per heavy atom. The lowest BCUT2D eigenvalue weighted by Gasteiger charge is -2.19. The zero-order valence-corrected chi connectivity index (χ0v) is 8.26. The summed E-state index contributed by atoms with van der Waals surface area (Å²) in [6.07, 6.45) is 7.35. The molecule has 1 aromatic rings. The Morgan fingerprint density at radius 3 is 3.15 bits per heavy atom. The van der Waals surface area contributed by atoms with Crippen LogP contribution in [0, 0.1) is 0 Å². The van der Waals surface area contributed by atoms with Crippen molar-refractivity contribution in [2.75, 3.05) is 0 Å². The first-order valence-electron chi connectivity index (χ1n) is 4.87. The van der Waals surface area contributed by atoms with Gasteiger partial charge in [0.1, 0.15) is 0 Å². The third-order valence-electron chi connectivity index (χ3n) is 2.92. The average Bonchev–Trinajstić information content (AvgIpc) is 2.56. The Hall–Kier alpha value is -0.690. The monoisotopic (exact) mass is 188 g/mol. The van der Waals surface area contributed by atoms with E-state index in [4.69, 9.17) is 0 Å². The van der Waals surface area contributed by atoms with Crippen LogP contribution in [0.3, 0.4) is 0 Å². The molecule has 2 aliphatic rings. The van der Waals surface area contributed by atoms with E-state index in [1.165, 1.54) is 17.7 Å². The largest absolute Gasteiger partial charge is 0.121 e. The van der Waals surface area contributed by atoms with Crippen LogP contribution in [0.1, 0.15) is 24.3 Å². The fourth-order valence-electron chi connectivity index (χ4n) is 2.27. The van der Waals surface area contributed by atoms with Gasteiger partial charge in [-0.1, -0.05) is 30.4 Å². The second kappa shape index (κ2) is 2.91. The van der Waals surface area contributed by atoms with Gasteiger partial charge in [-0.2, -0.15) is 0 Å². The quantitative estimate of drug-likeness (QED) is 0.561. The molecule has 0 bridgehead atoms. The summed E-state index contributed by atoms with van der Waals surface area (Å²) >= 11 is 2.07. The van der Waals surface area contributed by atoms with Crippen LogP contribution in [0.4, 0.5) is 0 Å². The summed E-state index contributed by atoms with van der Waals surface area (Å²) in [6.45, 7) is 0. The van der Waals surface area contributed by atoms with E-state index < -0.39 is 0 Å². The molecule has 0 saturated heterocycles. The van der Waals surface area contributed by atoms with Gasteiger partial charge in [0.05, 0.1) is 0 Å². The minimum absolute atomic E-state index is 0.704. The molecule has 66 valence electrons. The molecule has 1 aliphatic carbocycles. The number of allylic oxidation sites excluding steroid dienone is 2. The Morgan fingerprint density at radius 2 is 2.15 bits per heavy atom. The van der Waals surface area contributed by atoms with E-state index in [-0.39, 0.29) is 0 Å². The molecule has 0 radical (unpaired) electrons. The molecule has 0 fully saturated rings. The minimum Gasteiger partial charge on any atom is -0.121 e. The molecule has 0 aromatic heterocycles. The molecule has 0 saturated carbocycles. The Balaban J connectivity index is 2.09. The van der Waals surface area contributed by atoms with Crippen molar-refractivity contribution in [3.8, 4) is 0 Å². The van der Waals surface area contributed by atoms with E-state index in [1.54, 1.807) is 5.56 Å².